The molecule has 1 atom stereocenters. The summed E-state index contributed by atoms with van der Waals surface area (Å²) >= 11 is 0. The molecule has 1 unspecified atom stereocenters. The normalized spacial score (nSPS) is 12.6. The minimum Gasteiger partial charge on any atom is -0.393 e. The van der Waals surface area contributed by atoms with Crippen molar-refractivity contribution in [3.63, 3.8) is 0 Å². The SMILES string of the molecule is CCCC(O)CC(=O)CC(C)=O. The zero-order valence-corrected chi connectivity index (χ0v) is 7.67. The Morgan fingerprint density at radius 3 is 2.42 bits per heavy atom. The van der Waals surface area contributed by atoms with E-state index in [0.717, 1.165) is 6.42 Å². The van der Waals surface area contributed by atoms with Crippen molar-refractivity contribution in [2.45, 2.75) is 45.6 Å². The van der Waals surface area contributed by atoms with Gasteiger partial charge in [0.1, 0.15) is 11.6 Å². The lowest BCUT2D eigenvalue weighted by atomic mass is 10.1. The molecule has 3 nitrogen and oxygen atoms in total. The Labute approximate surface area is 72.8 Å². The zero-order chi connectivity index (χ0) is 9.56. The highest BCUT2D eigenvalue weighted by Gasteiger charge is 2.11. The molecule has 70 valence electrons. The van der Waals surface area contributed by atoms with Crippen molar-refractivity contribution in [2.75, 3.05) is 0 Å². The van der Waals surface area contributed by atoms with Crippen molar-refractivity contribution >= 4 is 11.6 Å². The Hall–Kier alpha value is -0.700. The Bertz CT molecular complexity index is 163. The van der Waals surface area contributed by atoms with E-state index in [9.17, 15) is 14.7 Å². The highest BCUT2D eigenvalue weighted by Crippen LogP contribution is 2.03. The van der Waals surface area contributed by atoms with Gasteiger partial charge in [-0.15, -0.1) is 0 Å². The first-order chi connectivity index (χ1) is 5.56. The van der Waals surface area contributed by atoms with Crippen LogP contribution in [-0.2, 0) is 9.59 Å². The summed E-state index contributed by atoms with van der Waals surface area (Å²) in [7, 11) is 0. The summed E-state index contributed by atoms with van der Waals surface area (Å²) in [5.41, 5.74) is 0. The van der Waals surface area contributed by atoms with Gasteiger partial charge in [-0.25, -0.2) is 0 Å². The summed E-state index contributed by atoms with van der Waals surface area (Å²) in [5.74, 6) is -0.299. The molecule has 0 aliphatic rings. The molecule has 0 saturated heterocycles. The topological polar surface area (TPSA) is 54.4 Å². The average Bonchev–Trinajstić information content (AvgIpc) is 1.84. The molecule has 0 aliphatic heterocycles. The fraction of sp³-hybridized carbons (Fsp3) is 0.778. The van der Waals surface area contributed by atoms with Crippen LogP contribution in [-0.4, -0.2) is 22.8 Å². The first-order valence-electron chi connectivity index (χ1n) is 4.25. The third-order valence-electron chi connectivity index (χ3n) is 1.53. The molecule has 1 N–H and O–H groups in total. The lowest BCUT2D eigenvalue weighted by molar-refractivity contribution is -0.127. The maximum Gasteiger partial charge on any atom is 0.142 e. The first-order valence-corrected chi connectivity index (χ1v) is 4.25. The molecule has 0 fully saturated rings. The van der Waals surface area contributed by atoms with Gasteiger partial charge in [-0.3, -0.25) is 9.59 Å². The van der Waals surface area contributed by atoms with Gasteiger partial charge in [0.2, 0.25) is 0 Å². The van der Waals surface area contributed by atoms with Crippen LogP contribution in [0.4, 0.5) is 0 Å². The van der Waals surface area contributed by atoms with Gasteiger partial charge < -0.3 is 5.11 Å². The molecule has 0 radical (unpaired) electrons. The van der Waals surface area contributed by atoms with Crippen LogP contribution in [0.3, 0.4) is 0 Å². The van der Waals surface area contributed by atoms with E-state index < -0.39 is 6.10 Å². The molecule has 0 aromatic rings. The molecule has 0 aliphatic carbocycles. The monoisotopic (exact) mass is 172 g/mol. The van der Waals surface area contributed by atoms with Crippen molar-refractivity contribution in [3.8, 4) is 0 Å². The van der Waals surface area contributed by atoms with Gasteiger partial charge in [-0.1, -0.05) is 13.3 Å². The number of carbonyl (C=O) groups is 2. The zero-order valence-electron chi connectivity index (χ0n) is 7.67. The van der Waals surface area contributed by atoms with E-state index in [0.29, 0.717) is 6.42 Å². The molecule has 0 saturated carbocycles. The number of Topliss-reactive ketones (excluding diaryl/α,β-unsaturated/α-hetero) is 2. The van der Waals surface area contributed by atoms with Gasteiger partial charge >= 0.3 is 0 Å². The van der Waals surface area contributed by atoms with Gasteiger partial charge in [-0.05, 0) is 13.3 Å². The van der Waals surface area contributed by atoms with Crippen molar-refractivity contribution in [1.82, 2.24) is 0 Å². The summed E-state index contributed by atoms with van der Waals surface area (Å²) in [5, 5.41) is 9.20. The predicted octanol–water partition coefficient (Wildman–Crippen LogP) is 1.09. The van der Waals surface area contributed by atoms with Crippen molar-refractivity contribution in [1.29, 1.82) is 0 Å². The highest BCUT2D eigenvalue weighted by molar-refractivity contribution is 5.98. The number of carbonyl (C=O) groups excluding carboxylic acids is 2. The standard InChI is InChI=1S/C9H16O3/c1-3-4-8(11)6-9(12)5-7(2)10/h8,11H,3-6H2,1-2H3. The second-order valence-corrected chi connectivity index (χ2v) is 3.06. The third kappa shape index (κ3) is 6.04. The summed E-state index contributed by atoms with van der Waals surface area (Å²) in [6.45, 7) is 3.32. The molecule has 0 heterocycles. The van der Waals surface area contributed by atoms with E-state index in [2.05, 4.69) is 0 Å². The number of ketones is 2. The summed E-state index contributed by atoms with van der Waals surface area (Å²) < 4.78 is 0. The Kier molecular flexibility index (Phi) is 5.54. The molecule has 0 aromatic heterocycles. The number of hydrogen-bond donors (Lipinski definition) is 1. The van der Waals surface area contributed by atoms with E-state index in [1.807, 2.05) is 6.92 Å². The van der Waals surface area contributed by atoms with Crippen LogP contribution in [0.2, 0.25) is 0 Å². The maximum atomic E-state index is 11.0. The van der Waals surface area contributed by atoms with E-state index in [1.165, 1.54) is 6.92 Å². The van der Waals surface area contributed by atoms with Crippen molar-refractivity contribution in [2.24, 2.45) is 0 Å². The fourth-order valence-electron chi connectivity index (χ4n) is 1.05. The van der Waals surface area contributed by atoms with E-state index in [1.54, 1.807) is 0 Å². The second-order valence-electron chi connectivity index (χ2n) is 3.06. The molecule has 0 amide bonds. The summed E-state index contributed by atoms with van der Waals surface area (Å²) in [6, 6.07) is 0. The quantitative estimate of drug-likeness (QED) is 0.610. The fourth-order valence-corrected chi connectivity index (χ4v) is 1.05. The smallest absolute Gasteiger partial charge is 0.142 e. The molecular weight excluding hydrogens is 156 g/mol. The van der Waals surface area contributed by atoms with Crippen LogP contribution in [0.25, 0.3) is 0 Å². The summed E-state index contributed by atoms with van der Waals surface area (Å²) in [4.78, 5) is 21.4. The van der Waals surface area contributed by atoms with Crippen LogP contribution in [0, 0.1) is 0 Å². The first kappa shape index (κ1) is 11.3. The van der Waals surface area contributed by atoms with E-state index in [-0.39, 0.29) is 24.4 Å². The van der Waals surface area contributed by atoms with Gasteiger partial charge in [0.15, 0.2) is 0 Å². The third-order valence-corrected chi connectivity index (χ3v) is 1.53. The van der Waals surface area contributed by atoms with Gasteiger partial charge in [0.25, 0.3) is 0 Å². The summed E-state index contributed by atoms with van der Waals surface area (Å²) in [6.07, 6.45) is 0.994. The Morgan fingerprint density at radius 2 is 2.00 bits per heavy atom. The molecule has 0 spiro atoms. The van der Waals surface area contributed by atoms with Crippen molar-refractivity contribution in [3.05, 3.63) is 0 Å². The van der Waals surface area contributed by atoms with Gasteiger partial charge in [-0.2, -0.15) is 0 Å². The molecule has 12 heavy (non-hydrogen) atoms. The van der Waals surface area contributed by atoms with Crippen LogP contribution in [0.15, 0.2) is 0 Å². The minimum absolute atomic E-state index is 0.0409. The second kappa shape index (κ2) is 5.89. The lowest BCUT2D eigenvalue weighted by Crippen LogP contribution is -2.14. The van der Waals surface area contributed by atoms with Gasteiger partial charge in [0.05, 0.1) is 12.5 Å². The number of aliphatic hydroxyl groups excluding tert-OH is 1. The molecule has 0 aromatic carbocycles. The van der Waals surface area contributed by atoms with Crippen LogP contribution >= 0.6 is 0 Å². The molecular formula is C9H16O3. The van der Waals surface area contributed by atoms with E-state index in [4.69, 9.17) is 0 Å². The van der Waals surface area contributed by atoms with Crippen LogP contribution < -0.4 is 0 Å². The van der Waals surface area contributed by atoms with Crippen LogP contribution in [0.1, 0.15) is 39.5 Å². The maximum absolute atomic E-state index is 11.0. The van der Waals surface area contributed by atoms with E-state index >= 15 is 0 Å². The molecule has 3 heteroatoms. The average molecular weight is 172 g/mol. The Balaban J connectivity index is 3.61. The number of rotatable bonds is 6. The van der Waals surface area contributed by atoms with Crippen molar-refractivity contribution < 1.29 is 14.7 Å². The van der Waals surface area contributed by atoms with Gasteiger partial charge in [0, 0.05) is 6.42 Å². The number of aliphatic hydroxyl groups is 1. The Morgan fingerprint density at radius 1 is 1.42 bits per heavy atom. The number of hydrogen-bond acceptors (Lipinski definition) is 3. The molecule has 0 rings (SSSR count). The highest BCUT2D eigenvalue weighted by atomic mass is 16.3. The van der Waals surface area contributed by atoms with Crippen LogP contribution in [0.5, 0.6) is 0 Å². The predicted molar refractivity (Wildman–Crippen MR) is 45.8 cm³/mol. The lowest BCUT2D eigenvalue weighted by Gasteiger charge is -2.06. The molecule has 0 bridgehead atoms. The minimum atomic E-state index is -0.568. The largest absolute Gasteiger partial charge is 0.393 e.